The maximum absolute atomic E-state index is 11.9. The highest BCUT2D eigenvalue weighted by Gasteiger charge is 2.19. The number of carbonyl (C=O) groups excluding carboxylic acids is 1. The number of amides is 1. The molecule has 1 aliphatic heterocycles. The summed E-state index contributed by atoms with van der Waals surface area (Å²) in [5, 5.41) is 6.62. The molecule has 0 atom stereocenters. The number of benzene rings is 1. The standard InChI is InChI=1S/C14H16Cl5N3O2/c15-9-10(16)12(18)14(13(19)11(9)17)21-2-1-20-8(23)7-22-3-5-24-6-4-22/h21H,1-7H2,(H,20,23)/p+1. The molecule has 1 fully saturated rings. The van der Waals surface area contributed by atoms with Gasteiger partial charge in [0.2, 0.25) is 0 Å². The number of carbonyl (C=O) groups is 1. The van der Waals surface area contributed by atoms with Crippen LogP contribution in [0.15, 0.2) is 0 Å². The maximum atomic E-state index is 11.9. The molecule has 134 valence electrons. The quantitative estimate of drug-likeness (QED) is 0.365. The Bertz CT molecular complexity index is 580. The van der Waals surface area contributed by atoms with Crippen molar-refractivity contribution in [3.8, 4) is 0 Å². The fourth-order valence-electron chi connectivity index (χ4n) is 2.28. The molecule has 5 nitrogen and oxygen atoms in total. The van der Waals surface area contributed by atoms with Crippen molar-refractivity contribution in [3.63, 3.8) is 0 Å². The van der Waals surface area contributed by atoms with Gasteiger partial charge in [0.05, 0.1) is 44.0 Å². The van der Waals surface area contributed by atoms with Crippen LogP contribution in [0.1, 0.15) is 0 Å². The van der Waals surface area contributed by atoms with Gasteiger partial charge in [-0.05, 0) is 0 Å². The average Bonchev–Trinajstić information content (AvgIpc) is 2.58. The third-order valence-corrected chi connectivity index (χ3v) is 5.85. The van der Waals surface area contributed by atoms with Crippen LogP contribution in [0.5, 0.6) is 0 Å². The van der Waals surface area contributed by atoms with Gasteiger partial charge in [-0.3, -0.25) is 4.79 Å². The summed E-state index contributed by atoms with van der Waals surface area (Å²) in [6.07, 6.45) is 0. The fraction of sp³-hybridized carbons (Fsp3) is 0.500. The summed E-state index contributed by atoms with van der Waals surface area (Å²) < 4.78 is 5.26. The van der Waals surface area contributed by atoms with Gasteiger partial charge in [0.25, 0.3) is 5.91 Å². The summed E-state index contributed by atoms with van der Waals surface area (Å²) in [6.45, 7) is 4.34. The number of morpholine rings is 1. The SMILES string of the molecule is O=C(C[NH+]1CCOCC1)NCCNc1c(Cl)c(Cl)c(Cl)c(Cl)c1Cl. The minimum Gasteiger partial charge on any atom is -0.381 e. The van der Waals surface area contributed by atoms with Crippen LogP contribution in [-0.2, 0) is 9.53 Å². The van der Waals surface area contributed by atoms with E-state index in [0.29, 0.717) is 38.5 Å². The third kappa shape index (κ3) is 5.18. The van der Waals surface area contributed by atoms with Crippen molar-refractivity contribution < 1.29 is 14.4 Å². The predicted octanol–water partition coefficient (Wildman–Crippen LogP) is 2.40. The number of quaternary nitrogens is 1. The minimum atomic E-state index is -0.0157. The zero-order valence-electron chi connectivity index (χ0n) is 12.7. The highest BCUT2D eigenvalue weighted by Crippen LogP contribution is 2.46. The minimum absolute atomic E-state index is 0.0157. The van der Waals surface area contributed by atoms with Crippen LogP contribution in [0.25, 0.3) is 0 Å². The molecule has 0 radical (unpaired) electrons. The van der Waals surface area contributed by atoms with E-state index in [1.54, 1.807) is 0 Å². The van der Waals surface area contributed by atoms with E-state index in [0.717, 1.165) is 13.1 Å². The first kappa shape index (κ1) is 20.2. The summed E-state index contributed by atoms with van der Waals surface area (Å²) in [5.74, 6) is -0.0157. The van der Waals surface area contributed by atoms with E-state index in [4.69, 9.17) is 62.7 Å². The van der Waals surface area contributed by atoms with Crippen molar-refractivity contribution in [2.75, 3.05) is 51.3 Å². The largest absolute Gasteiger partial charge is 0.381 e. The second-order valence-corrected chi connectivity index (χ2v) is 7.15. The molecule has 1 amide bonds. The van der Waals surface area contributed by atoms with Gasteiger partial charge in [-0.25, -0.2) is 0 Å². The highest BCUT2D eigenvalue weighted by atomic mass is 35.5. The van der Waals surface area contributed by atoms with E-state index >= 15 is 0 Å². The molecule has 0 bridgehead atoms. The number of anilines is 1. The van der Waals surface area contributed by atoms with Gasteiger partial charge >= 0.3 is 0 Å². The molecule has 0 aliphatic carbocycles. The predicted molar refractivity (Wildman–Crippen MR) is 99.4 cm³/mol. The number of rotatable bonds is 6. The number of halogens is 5. The molecule has 0 aromatic heterocycles. The van der Waals surface area contributed by atoms with Crippen molar-refractivity contribution in [2.24, 2.45) is 0 Å². The van der Waals surface area contributed by atoms with Crippen LogP contribution in [0, 0.1) is 0 Å². The Labute approximate surface area is 165 Å². The average molecular weight is 437 g/mol. The summed E-state index contributed by atoms with van der Waals surface area (Å²) in [7, 11) is 0. The summed E-state index contributed by atoms with van der Waals surface area (Å²) in [5.41, 5.74) is 0.394. The molecule has 3 N–H and O–H groups in total. The van der Waals surface area contributed by atoms with E-state index < -0.39 is 0 Å². The zero-order valence-corrected chi connectivity index (χ0v) is 16.4. The summed E-state index contributed by atoms with van der Waals surface area (Å²) >= 11 is 30.2. The number of nitrogens with one attached hydrogen (secondary N) is 3. The van der Waals surface area contributed by atoms with Crippen LogP contribution < -0.4 is 15.5 Å². The number of hydrogen-bond donors (Lipinski definition) is 3. The molecule has 1 aromatic rings. The third-order valence-electron chi connectivity index (χ3n) is 3.57. The Morgan fingerprint density at radius 1 is 0.917 bits per heavy atom. The van der Waals surface area contributed by atoms with E-state index in [1.807, 2.05) is 0 Å². The van der Waals surface area contributed by atoms with Crippen molar-refractivity contribution >= 4 is 69.6 Å². The lowest BCUT2D eigenvalue weighted by atomic mass is 10.3. The van der Waals surface area contributed by atoms with Gasteiger partial charge in [0.1, 0.15) is 13.1 Å². The second kappa shape index (κ2) is 9.53. The fourth-order valence-corrected chi connectivity index (χ4v) is 3.55. The molecule has 0 saturated carbocycles. The van der Waals surface area contributed by atoms with Gasteiger partial charge in [0, 0.05) is 13.1 Å². The Morgan fingerprint density at radius 2 is 1.46 bits per heavy atom. The van der Waals surface area contributed by atoms with Gasteiger partial charge < -0.3 is 20.3 Å². The van der Waals surface area contributed by atoms with Gasteiger partial charge in [-0.15, -0.1) is 0 Å². The van der Waals surface area contributed by atoms with Crippen LogP contribution in [0.3, 0.4) is 0 Å². The molecule has 1 heterocycles. The molecule has 1 aromatic carbocycles. The number of ether oxygens (including phenoxy) is 1. The zero-order chi connectivity index (χ0) is 17.7. The Morgan fingerprint density at radius 3 is 2.04 bits per heavy atom. The highest BCUT2D eigenvalue weighted by molar-refractivity contribution is 6.56. The monoisotopic (exact) mass is 434 g/mol. The van der Waals surface area contributed by atoms with Crippen LogP contribution >= 0.6 is 58.0 Å². The molecule has 0 unspecified atom stereocenters. The first-order valence-electron chi connectivity index (χ1n) is 7.35. The molecule has 10 heteroatoms. The van der Waals surface area contributed by atoms with Gasteiger partial charge in [-0.1, -0.05) is 58.0 Å². The normalized spacial score (nSPS) is 15.4. The summed E-state index contributed by atoms with van der Waals surface area (Å²) in [6, 6.07) is 0. The molecule has 24 heavy (non-hydrogen) atoms. The van der Waals surface area contributed by atoms with Crippen molar-refractivity contribution in [1.29, 1.82) is 0 Å². The Balaban J connectivity index is 1.81. The lowest BCUT2D eigenvalue weighted by Crippen LogP contribution is -3.15. The van der Waals surface area contributed by atoms with Crippen LogP contribution in [0.2, 0.25) is 25.1 Å². The lowest BCUT2D eigenvalue weighted by Gasteiger charge is -2.23. The summed E-state index contributed by atoms with van der Waals surface area (Å²) in [4.78, 5) is 13.1. The van der Waals surface area contributed by atoms with E-state index in [1.165, 1.54) is 4.90 Å². The van der Waals surface area contributed by atoms with Crippen molar-refractivity contribution in [1.82, 2.24) is 5.32 Å². The number of hydrogen-bond acceptors (Lipinski definition) is 3. The van der Waals surface area contributed by atoms with E-state index in [-0.39, 0.29) is 31.0 Å². The van der Waals surface area contributed by atoms with E-state index in [2.05, 4.69) is 10.6 Å². The molecular formula is C14H17Cl5N3O2+. The van der Waals surface area contributed by atoms with Crippen LogP contribution in [-0.4, -0.2) is 51.8 Å². The topological polar surface area (TPSA) is 54.8 Å². The van der Waals surface area contributed by atoms with Crippen molar-refractivity contribution in [2.45, 2.75) is 0 Å². The van der Waals surface area contributed by atoms with Crippen molar-refractivity contribution in [3.05, 3.63) is 25.1 Å². The van der Waals surface area contributed by atoms with E-state index in [9.17, 15) is 4.79 Å². The molecule has 2 rings (SSSR count). The van der Waals surface area contributed by atoms with Gasteiger partial charge in [0.15, 0.2) is 6.54 Å². The first-order valence-corrected chi connectivity index (χ1v) is 9.24. The molecule has 0 spiro atoms. The Hall–Kier alpha value is -0.140. The molecular weight excluding hydrogens is 419 g/mol. The molecule has 1 aliphatic rings. The first-order chi connectivity index (χ1) is 11.4. The molecule has 1 saturated heterocycles. The smallest absolute Gasteiger partial charge is 0.275 e. The second-order valence-electron chi connectivity index (χ2n) is 5.26. The van der Waals surface area contributed by atoms with Crippen LogP contribution in [0.4, 0.5) is 5.69 Å². The maximum Gasteiger partial charge on any atom is 0.275 e. The lowest BCUT2D eigenvalue weighted by molar-refractivity contribution is -0.900. The Kier molecular flexibility index (Phi) is 8.01. The van der Waals surface area contributed by atoms with Gasteiger partial charge in [-0.2, -0.15) is 0 Å².